The molecule has 1 saturated heterocycles. The van der Waals surface area contributed by atoms with E-state index in [1.807, 2.05) is 6.92 Å². The van der Waals surface area contributed by atoms with Gasteiger partial charge in [-0.2, -0.15) is 4.98 Å². The summed E-state index contributed by atoms with van der Waals surface area (Å²) in [5.41, 5.74) is 0. The topological polar surface area (TPSA) is 59.1 Å². The van der Waals surface area contributed by atoms with Gasteiger partial charge in [0.1, 0.15) is 0 Å². The van der Waals surface area contributed by atoms with Crippen molar-refractivity contribution < 1.29 is 9.13 Å². The van der Waals surface area contributed by atoms with Gasteiger partial charge in [0, 0.05) is 13.2 Å². The molecule has 0 bridgehead atoms. The third kappa shape index (κ3) is 2.57. The fourth-order valence-electron chi connectivity index (χ4n) is 1.55. The average molecular weight is 226 g/mol. The molecule has 1 unspecified atom stereocenters. The van der Waals surface area contributed by atoms with Crippen molar-refractivity contribution >= 4 is 11.8 Å². The fourth-order valence-corrected chi connectivity index (χ4v) is 1.55. The Kier molecular flexibility index (Phi) is 3.51. The van der Waals surface area contributed by atoms with Crippen molar-refractivity contribution in [3.05, 3.63) is 12.0 Å². The lowest BCUT2D eigenvalue weighted by Crippen LogP contribution is -2.21. The maximum absolute atomic E-state index is 13.4. The van der Waals surface area contributed by atoms with Gasteiger partial charge in [0.25, 0.3) is 0 Å². The summed E-state index contributed by atoms with van der Waals surface area (Å²) < 4.78 is 18.6. The quantitative estimate of drug-likeness (QED) is 0.809. The van der Waals surface area contributed by atoms with Gasteiger partial charge in [-0.05, 0) is 13.3 Å². The van der Waals surface area contributed by atoms with E-state index in [1.54, 1.807) is 0 Å². The first-order valence-electron chi connectivity index (χ1n) is 5.40. The Balaban J connectivity index is 2.08. The van der Waals surface area contributed by atoms with E-state index in [4.69, 9.17) is 4.74 Å². The van der Waals surface area contributed by atoms with Crippen LogP contribution >= 0.6 is 0 Å². The molecule has 1 aromatic heterocycles. The number of hydrogen-bond acceptors (Lipinski definition) is 5. The van der Waals surface area contributed by atoms with E-state index in [0.717, 1.165) is 6.42 Å². The van der Waals surface area contributed by atoms with Crippen LogP contribution in [0.1, 0.15) is 13.3 Å². The summed E-state index contributed by atoms with van der Waals surface area (Å²) in [4.78, 5) is 7.90. The maximum Gasteiger partial charge on any atom is 0.224 e. The molecule has 2 heterocycles. The van der Waals surface area contributed by atoms with Gasteiger partial charge in [-0.15, -0.1) is 0 Å². The summed E-state index contributed by atoms with van der Waals surface area (Å²) in [6.07, 6.45) is 2.04. The molecule has 88 valence electrons. The average Bonchev–Trinajstić information content (AvgIpc) is 2.76. The summed E-state index contributed by atoms with van der Waals surface area (Å²) in [6.45, 7) is 3.95. The van der Waals surface area contributed by atoms with Crippen LogP contribution in [0, 0.1) is 5.82 Å². The summed E-state index contributed by atoms with van der Waals surface area (Å²) in [5, 5.41) is 5.96. The number of nitrogens with one attached hydrogen (secondary N) is 2. The predicted octanol–water partition coefficient (Wildman–Crippen LogP) is 1.25. The number of nitrogens with zero attached hydrogens (tertiary/aromatic N) is 2. The van der Waals surface area contributed by atoms with Crippen molar-refractivity contribution in [1.29, 1.82) is 0 Å². The molecule has 5 nitrogen and oxygen atoms in total. The molecule has 0 aliphatic carbocycles. The molecule has 1 aliphatic heterocycles. The number of hydrogen-bond donors (Lipinski definition) is 2. The van der Waals surface area contributed by atoms with E-state index in [-0.39, 0.29) is 11.9 Å². The Morgan fingerprint density at radius 1 is 1.62 bits per heavy atom. The van der Waals surface area contributed by atoms with Crippen LogP contribution in [0.4, 0.5) is 16.2 Å². The highest BCUT2D eigenvalue weighted by Gasteiger charge is 2.17. The Labute approximate surface area is 93.4 Å². The summed E-state index contributed by atoms with van der Waals surface area (Å²) in [6, 6.07) is 0.138. The van der Waals surface area contributed by atoms with Gasteiger partial charge in [0.15, 0.2) is 11.6 Å². The third-order valence-corrected chi connectivity index (χ3v) is 2.35. The molecule has 0 amide bonds. The SMILES string of the molecule is CCNc1ncc(F)c(NC2CCOC2)n1. The zero-order valence-electron chi connectivity index (χ0n) is 9.16. The van der Waals surface area contributed by atoms with Crippen LogP contribution in [0.2, 0.25) is 0 Å². The largest absolute Gasteiger partial charge is 0.379 e. The van der Waals surface area contributed by atoms with Crippen molar-refractivity contribution in [3.8, 4) is 0 Å². The molecule has 1 aliphatic rings. The van der Waals surface area contributed by atoms with Crippen molar-refractivity contribution in [2.24, 2.45) is 0 Å². The summed E-state index contributed by atoms with van der Waals surface area (Å²) in [5.74, 6) is 0.236. The molecular formula is C10H15FN4O. The van der Waals surface area contributed by atoms with E-state index >= 15 is 0 Å². The highest BCUT2D eigenvalue weighted by Crippen LogP contribution is 2.16. The molecule has 6 heteroatoms. The van der Waals surface area contributed by atoms with Crippen LogP contribution in [0.15, 0.2) is 6.20 Å². The Hall–Kier alpha value is -1.43. The van der Waals surface area contributed by atoms with Crippen LogP contribution in [0.3, 0.4) is 0 Å². The minimum atomic E-state index is -0.437. The van der Waals surface area contributed by atoms with Crippen LogP contribution < -0.4 is 10.6 Å². The van der Waals surface area contributed by atoms with Crippen LogP contribution in [0.25, 0.3) is 0 Å². The highest BCUT2D eigenvalue weighted by molar-refractivity contribution is 5.41. The second kappa shape index (κ2) is 5.07. The van der Waals surface area contributed by atoms with E-state index in [0.29, 0.717) is 25.7 Å². The Bertz CT molecular complexity index is 355. The number of anilines is 2. The van der Waals surface area contributed by atoms with Gasteiger partial charge in [0.05, 0.1) is 18.8 Å². The molecule has 16 heavy (non-hydrogen) atoms. The van der Waals surface area contributed by atoms with Gasteiger partial charge in [-0.3, -0.25) is 0 Å². The zero-order chi connectivity index (χ0) is 11.4. The molecule has 0 radical (unpaired) electrons. The zero-order valence-corrected chi connectivity index (χ0v) is 9.16. The standard InChI is InChI=1S/C10H15FN4O/c1-2-12-10-13-5-8(11)9(15-10)14-7-3-4-16-6-7/h5,7H,2-4,6H2,1H3,(H2,12,13,14,15). The van der Waals surface area contributed by atoms with Crippen molar-refractivity contribution in [1.82, 2.24) is 9.97 Å². The Morgan fingerprint density at radius 2 is 2.50 bits per heavy atom. The molecule has 0 aromatic carbocycles. The van der Waals surface area contributed by atoms with Crippen molar-refractivity contribution in [3.63, 3.8) is 0 Å². The van der Waals surface area contributed by atoms with Crippen LogP contribution in [-0.4, -0.2) is 35.8 Å². The first kappa shape index (κ1) is 11.1. The van der Waals surface area contributed by atoms with Gasteiger partial charge in [-0.1, -0.05) is 0 Å². The highest BCUT2D eigenvalue weighted by atomic mass is 19.1. The second-order valence-electron chi connectivity index (χ2n) is 3.63. The van der Waals surface area contributed by atoms with Crippen molar-refractivity contribution in [2.45, 2.75) is 19.4 Å². The lowest BCUT2D eigenvalue weighted by atomic mass is 10.2. The normalized spacial score (nSPS) is 19.8. The lowest BCUT2D eigenvalue weighted by Gasteiger charge is -2.12. The fraction of sp³-hybridized carbons (Fsp3) is 0.600. The van der Waals surface area contributed by atoms with Crippen LogP contribution in [0.5, 0.6) is 0 Å². The molecule has 2 N–H and O–H groups in total. The Morgan fingerprint density at radius 3 is 3.19 bits per heavy atom. The van der Waals surface area contributed by atoms with Gasteiger partial charge >= 0.3 is 0 Å². The molecular weight excluding hydrogens is 211 g/mol. The summed E-state index contributed by atoms with van der Waals surface area (Å²) >= 11 is 0. The minimum absolute atomic E-state index is 0.138. The number of rotatable bonds is 4. The second-order valence-corrected chi connectivity index (χ2v) is 3.63. The van der Waals surface area contributed by atoms with Crippen LogP contribution in [-0.2, 0) is 4.74 Å². The third-order valence-electron chi connectivity index (χ3n) is 2.35. The van der Waals surface area contributed by atoms with E-state index in [2.05, 4.69) is 20.6 Å². The number of aromatic nitrogens is 2. The molecule has 0 spiro atoms. The van der Waals surface area contributed by atoms with E-state index < -0.39 is 5.82 Å². The number of halogens is 1. The first-order chi connectivity index (χ1) is 7.79. The first-order valence-corrected chi connectivity index (χ1v) is 5.40. The molecule has 2 rings (SSSR count). The minimum Gasteiger partial charge on any atom is -0.379 e. The lowest BCUT2D eigenvalue weighted by molar-refractivity contribution is 0.195. The van der Waals surface area contributed by atoms with Crippen molar-refractivity contribution in [2.75, 3.05) is 30.4 Å². The van der Waals surface area contributed by atoms with Gasteiger partial charge in [-0.25, -0.2) is 9.37 Å². The van der Waals surface area contributed by atoms with Gasteiger partial charge < -0.3 is 15.4 Å². The molecule has 1 aromatic rings. The molecule has 1 atom stereocenters. The molecule has 0 saturated carbocycles. The van der Waals surface area contributed by atoms with Gasteiger partial charge in [0.2, 0.25) is 5.95 Å². The smallest absolute Gasteiger partial charge is 0.224 e. The predicted molar refractivity (Wildman–Crippen MR) is 59.0 cm³/mol. The molecule has 1 fully saturated rings. The van der Waals surface area contributed by atoms with E-state index in [1.165, 1.54) is 6.20 Å². The summed E-state index contributed by atoms with van der Waals surface area (Å²) in [7, 11) is 0. The maximum atomic E-state index is 13.4. The van der Waals surface area contributed by atoms with E-state index in [9.17, 15) is 4.39 Å². The number of ether oxygens (including phenoxy) is 1. The monoisotopic (exact) mass is 226 g/mol.